The number of halogens is 6. The summed E-state index contributed by atoms with van der Waals surface area (Å²) in [6.45, 7) is -1.93. The number of nitrogens with two attached hydrogens (primary N) is 1. The Labute approximate surface area is 197 Å². The standard InChI is InChI=1S/C19H16ClF4N3O4S.ClH/c20-11-3-1-10(2-4-11)7-27-15-5-12(17(28)26-9-19(22,23)24)13(21)6-16(15)32(30,31)8-14(25)18(27)29;/h1-6,14H,7-9,25H2,(H,26,28);1H/t14-;/m0./s1. The van der Waals surface area contributed by atoms with Crippen LogP contribution in [-0.4, -0.2) is 44.7 Å². The van der Waals surface area contributed by atoms with Crippen molar-refractivity contribution in [2.75, 3.05) is 17.2 Å². The van der Waals surface area contributed by atoms with Crippen LogP contribution in [0.15, 0.2) is 41.3 Å². The van der Waals surface area contributed by atoms with E-state index in [9.17, 15) is 35.6 Å². The first-order valence-electron chi connectivity index (χ1n) is 9.01. The third kappa shape index (κ3) is 6.14. The number of carbonyl (C=O) groups is 2. The van der Waals surface area contributed by atoms with Crippen molar-refractivity contribution in [1.82, 2.24) is 5.32 Å². The molecule has 2 amide bonds. The van der Waals surface area contributed by atoms with Crippen LogP contribution < -0.4 is 16.0 Å². The lowest BCUT2D eigenvalue weighted by Crippen LogP contribution is -2.45. The molecule has 180 valence electrons. The van der Waals surface area contributed by atoms with Gasteiger partial charge in [-0.3, -0.25) is 9.59 Å². The maximum atomic E-state index is 14.6. The van der Waals surface area contributed by atoms with Crippen molar-refractivity contribution in [2.45, 2.75) is 23.7 Å². The van der Waals surface area contributed by atoms with Gasteiger partial charge in [-0.25, -0.2) is 12.8 Å². The molecule has 1 heterocycles. The van der Waals surface area contributed by atoms with E-state index in [1.165, 1.54) is 17.4 Å². The van der Waals surface area contributed by atoms with E-state index in [0.717, 1.165) is 11.0 Å². The number of rotatable bonds is 4. The Kier molecular flexibility index (Phi) is 8.00. The average molecular weight is 530 g/mol. The summed E-state index contributed by atoms with van der Waals surface area (Å²) in [6, 6.07) is 5.92. The van der Waals surface area contributed by atoms with Gasteiger partial charge in [0.15, 0.2) is 9.84 Å². The second-order valence-electron chi connectivity index (χ2n) is 7.04. The Morgan fingerprint density at radius 2 is 1.82 bits per heavy atom. The van der Waals surface area contributed by atoms with Gasteiger partial charge in [0.25, 0.3) is 5.91 Å². The molecule has 3 N–H and O–H groups in total. The molecule has 0 aliphatic carbocycles. The summed E-state index contributed by atoms with van der Waals surface area (Å²) >= 11 is 5.84. The summed E-state index contributed by atoms with van der Waals surface area (Å²) in [6.07, 6.45) is -4.75. The second kappa shape index (κ2) is 9.84. The average Bonchev–Trinajstić information content (AvgIpc) is 2.75. The van der Waals surface area contributed by atoms with Crippen molar-refractivity contribution in [3.8, 4) is 0 Å². The molecular weight excluding hydrogens is 513 g/mol. The summed E-state index contributed by atoms with van der Waals surface area (Å²) in [4.78, 5) is 25.4. The molecule has 1 aliphatic heterocycles. The fourth-order valence-electron chi connectivity index (χ4n) is 3.11. The summed E-state index contributed by atoms with van der Waals surface area (Å²) < 4.78 is 77.2. The monoisotopic (exact) mass is 529 g/mol. The molecule has 3 rings (SSSR count). The molecule has 14 heteroatoms. The summed E-state index contributed by atoms with van der Waals surface area (Å²) in [5.41, 5.74) is 5.03. The van der Waals surface area contributed by atoms with Gasteiger partial charge in [0.2, 0.25) is 5.91 Å². The fourth-order valence-corrected chi connectivity index (χ4v) is 4.80. The Morgan fingerprint density at radius 3 is 2.39 bits per heavy atom. The first-order valence-corrected chi connectivity index (χ1v) is 11.0. The third-order valence-corrected chi connectivity index (χ3v) is 6.65. The van der Waals surface area contributed by atoms with Crippen LogP contribution in [-0.2, 0) is 21.2 Å². The van der Waals surface area contributed by atoms with Crippen LogP contribution in [0, 0.1) is 5.82 Å². The van der Waals surface area contributed by atoms with E-state index in [1.54, 1.807) is 12.1 Å². The largest absolute Gasteiger partial charge is 0.405 e. The lowest BCUT2D eigenvalue weighted by Gasteiger charge is -2.25. The molecule has 33 heavy (non-hydrogen) atoms. The molecular formula is C19H17Cl2F4N3O4S. The van der Waals surface area contributed by atoms with Crippen LogP contribution in [0.2, 0.25) is 5.02 Å². The Balaban J connectivity index is 0.00000385. The summed E-state index contributed by atoms with van der Waals surface area (Å²) in [5.74, 6) is -4.42. The third-order valence-electron chi connectivity index (χ3n) is 4.60. The Morgan fingerprint density at radius 1 is 1.21 bits per heavy atom. The van der Waals surface area contributed by atoms with E-state index in [1.807, 2.05) is 0 Å². The molecule has 0 spiro atoms. The normalized spacial score (nSPS) is 17.6. The minimum absolute atomic E-state index is 0. The van der Waals surface area contributed by atoms with Gasteiger partial charge in [-0.2, -0.15) is 13.2 Å². The summed E-state index contributed by atoms with van der Waals surface area (Å²) in [7, 11) is -4.25. The van der Waals surface area contributed by atoms with Gasteiger partial charge < -0.3 is 16.0 Å². The molecule has 2 aromatic carbocycles. The van der Waals surface area contributed by atoms with Gasteiger partial charge in [0.1, 0.15) is 12.4 Å². The van der Waals surface area contributed by atoms with Crippen molar-refractivity contribution in [1.29, 1.82) is 0 Å². The molecule has 1 aliphatic rings. The second-order valence-corrected chi connectivity index (χ2v) is 9.48. The fraction of sp³-hybridized carbons (Fsp3) is 0.263. The highest BCUT2D eigenvalue weighted by Gasteiger charge is 2.38. The topological polar surface area (TPSA) is 110 Å². The van der Waals surface area contributed by atoms with E-state index < -0.39 is 62.4 Å². The molecule has 0 unspecified atom stereocenters. The highest BCUT2D eigenvalue weighted by Crippen LogP contribution is 2.34. The minimum atomic E-state index is -4.75. The van der Waals surface area contributed by atoms with Crippen LogP contribution in [0.3, 0.4) is 0 Å². The predicted octanol–water partition coefficient (Wildman–Crippen LogP) is 2.84. The maximum absolute atomic E-state index is 14.6. The van der Waals surface area contributed by atoms with Crippen molar-refractivity contribution in [3.05, 3.63) is 58.4 Å². The molecule has 1 atom stereocenters. The lowest BCUT2D eigenvalue weighted by molar-refractivity contribution is -0.123. The number of sulfone groups is 1. The van der Waals surface area contributed by atoms with E-state index in [-0.39, 0.29) is 24.6 Å². The first-order chi connectivity index (χ1) is 14.8. The van der Waals surface area contributed by atoms with E-state index in [0.29, 0.717) is 16.7 Å². The van der Waals surface area contributed by atoms with Crippen molar-refractivity contribution >= 4 is 51.3 Å². The highest BCUT2D eigenvalue weighted by atomic mass is 35.5. The highest BCUT2D eigenvalue weighted by molar-refractivity contribution is 7.91. The predicted molar refractivity (Wildman–Crippen MR) is 115 cm³/mol. The van der Waals surface area contributed by atoms with Crippen LogP contribution >= 0.6 is 24.0 Å². The number of hydrogen-bond donors (Lipinski definition) is 2. The van der Waals surface area contributed by atoms with E-state index in [2.05, 4.69) is 0 Å². The quantitative estimate of drug-likeness (QED) is 0.592. The van der Waals surface area contributed by atoms with Crippen molar-refractivity contribution in [3.63, 3.8) is 0 Å². The van der Waals surface area contributed by atoms with Crippen molar-refractivity contribution < 1.29 is 35.6 Å². The van der Waals surface area contributed by atoms with Crippen LogP contribution in [0.5, 0.6) is 0 Å². The van der Waals surface area contributed by atoms with Gasteiger partial charge in [0.05, 0.1) is 34.5 Å². The number of amides is 2. The number of hydrogen-bond acceptors (Lipinski definition) is 5. The van der Waals surface area contributed by atoms with E-state index >= 15 is 0 Å². The lowest BCUT2D eigenvalue weighted by atomic mass is 10.1. The van der Waals surface area contributed by atoms with Crippen LogP contribution in [0.4, 0.5) is 23.2 Å². The summed E-state index contributed by atoms with van der Waals surface area (Å²) in [5, 5.41) is 1.92. The SMILES string of the molecule is Cl.N[C@H]1CS(=O)(=O)c2cc(F)c(C(=O)NCC(F)(F)F)cc2N(Cc2ccc(Cl)cc2)C1=O. The van der Waals surface area contributed by atoms with Gasteiger partial charge in [0, 0.05) is 5.02 Å². The number of nitrogens with zero attached hydrogens (tertiary/aromatic N) is 1. The van der Waals surface area contributed by atoms with Gasteiger partial charge in [-0.1, -0.05) is 23.7 Å². The number of benzene rings is 2. The molecule has 0 bridgehead atoms. The molecule has 2 aromatic rings. The van der Waals surface area contributed by atoms with Crippen LogP contribution in [0.25, 0.3) is 0 Å². The van der Waals surface area contributed by atoms with Gasteiger partial charge in [-0.05, 0) is 29.8 Å². The Hall–Kier alpha value is -2.41. The molecule has 0 saturated heterocycles. The van der Waals surface area contributed by atoms with Crippen LogP contribution in [0.1, 0.15) is 15.9 Å². The zero-order chi connectivity index (χ0) is 23.8. The molecule has 0 saturated carbocycles. The van der Waals surface area contributed by atoms with Gasteiger partial charge in [-0.15, -0.1) is 12.4 Å². The number of carbonyl (C=O) groups excluding carboxylic acids is 2. The zero-order valence-corrected chi connectivity index (χ0v) is 18.9. The molecule has 7 nitrogen and oxygen atoms in total. The smallest absolute Gasteiger partial charge is 0.343 e. The van der Waals surface area contributed by atoms with E-state index in [4.69, 9.17) is 17.3 Å². The molecule has 0 aromatic heterocycles. The number of nitrogens with one attached hydrogen (secondary N) is 1. The molecule has 0 fully saturated rings. The zero-order valence-electron chi connectivity index (χ0n) is 16.5. The Bertz CT molecular complexity index is 1170. The number of fused-ring (bicyclic) bond motifs is 1. The van der Waals surface area contributed by atoms with Crippen molar-refractivity contribution in [2.24, 2.45) is 5.73 Å². The maximum Gasteiger partial charge on any atom is 0.405 e. The number of alkyl halides is 3. The van der Waals surface area contributed by atoms with Gasteiger partial charge >= 0.3 is 6.18 Å². The first kappa shape index (κ1) is 26.8. The number of anilines is 1. The minimum Gasteiger partial charge on any atom is -0.343 e. The molecule has 0 radical (unpaired) electrons.